The van der Waals surface area contributed by atoms with Crippen LogP contribution in [0.25, 0.3) is 22.3 Å². The van der Waals surface area contributed by atoms with Crippen LogP contribution in [0.4, 0.5) is 0 Å². The largest absolute Gasteiger partial charge is 0.497 e. The lowest BCUT2D eigenvalue weighted by atomic mass is 9.96. The van der Waals surface area contributed by atoms with Crippen molar-refractivity contribution in [1.29, 1.82) is 0 Å². The van der Waals surface area contributed by atoms with Crippen molar-refractivity contribution in [3.63, 3.8) is 0 Å². The number of hydrogen-bond donors (Lipinski definition) is 1. The number of ether oxygens (including phenoxy) is 3. The Hall–Kier alpha value is -3.96. The first-order chi connectivity index (χ1) is 16.9. The minimum atomic E-state index is -1.02. The molecule has 0 radical (unpaired) electrons. The van der Waals surface area contributed by atoms with Crippen LogP contribution in [0.1, 0.15) is 11.1 Å². The highest BCUT2D eigenvalue weighted by Crippen LogP contribution is 2.33. The summed E-state index contributed by atoms with van der Waals surface area (Å²) in [5.74, 6) is 0.961. The van der Waals surface area contributed by atoms with Crippen LogP contribution in [-0.2, 0) is 11.4 Å². The number of hydrogen-bond acceptors (Lipinski definition) is 4. The maximum absolute atomic E-state index is 10.8. The molecule has 1 N–H and O–H groups in total. The van der Waals surface area contributed by atoms with Crippen molar-refractivity contribution < 1.29 is 24.1 Å². The zero-order valence-corrected chi connectivity index (χ0v) is 20.2. The monoisotopic (exact) mass is 488 g/mol. The van der Waals surface area contributed by atoms with Crippen LogP contribution in [0.2, 0.25) is 5.02 Å². The summed E-state index contributed by atoms with van der Waals surface area (Å²) >= 11 is 6.50. The summed E-state index contributed by atoms with van der Waals surface area (Å²) in [4.78, 5) is 10.8. The minimum absolute atomic E-state index is 0.343. The molecule has 6 heteroatoms. The summed E-state index contributed by atoms with van der Waals surface area (Å²) in [5.41, 5.74) is 5.82. The Morgan fingerprint density at radius 1 is 0.829 bits per heavy atom. The van der Waals surface area contributed by atoms with Gasteiger partial charge in [0, 0.05) is 10.6 Å². The average molecular weight is 489 g/mol. The van der Waals surface area contributed by atoms with E-state index in [0.29, 0.717) is 23.1 Å². The first-order valence-electron chi connectivity index (χ1n) is 11.0. The number of aryl methyl sites for hydroxylation is 1. The second-order valence-corrected chi connectivity index (χ2v) is 8.43. The molecule has 0 atom stereocenters. The molecule has 4 rings (SSSR count). The van der Waals surface area contributed by atoms with Crippen molar-refractivity contribution in [2.45, 2.75) is 13.5 Å². The van der Waals surface area contributed by atoms with Crippen molar-refractivity contribution in [2.24, 2.45) is 0 Å². The van der Waals surface area contributed by atoms with Gasteiger partial charge < -0.3 is 19.3 Å². The maximum Gasteiger partial charge on any atom is 0.341 e. The van der Waals surface area contributed by atoms with Crippen molar-refractivity contribution in [2.75, 3.05) is 13.7 Å². The van der Waals surface area contributed by atoms with E-state index in [-0.39, 0.29) is 6.61 Å². The van der Waals surface area contributed by atoms with Crippen LogP contribution in [0, 0.1) is 6.92 Å². The summed E-state index contributed by atoms with van der Waals surface area (Å²) in [6, 6.07) is 27.3. The standard InChI is InChI=1S/C29H25ClO5/c1-19-13-25(11-12-28(19)35-18-29(31)32)34-17-20-14-22(21-7-9-24(33-2)10-8-21)16-23(15-20)26-5-3-4-6-27(26)30/h3-16H,17-18H2,1-2H3,(H,31,32). The van der Waals surface area contributed by atoms with E-state index in [9.17, 15) is 4.79 Å². The van der Waals surface area contributed by atoms with Gasteiger partial charge in [-0.2, -0.15) is 0 Å². The fourth-order valence-electron chi connectivity index (χ4n) is 3.76. The number of carboxylic acid groups (broad SMARTS) is 1. The quantitative estimate of drug-likeness (QED) is 0.274. The Morgan fingerprint density at radius 2 is 1.54 bits per heavy atom. The highest BCUT2D eigenvalue weighted by molar-refractivity contribution is 6.33. The van der Waals surface area contributed by atoms with Gasteiger partial charge in [-0.1, -0.05) is 41.9 Å². The molecule has 0 heterocycles. The van der Waals surface area contributed by atoms with Gasteiger partial charge in [0.15, 0.2) is 6.61 Å². The fourth-order valence-corrected chi connectivity index (χ4v) is 4.00. The second kappa shape index (κ2) is 11.0. The summed E-state index contributed by atoms with van der Waals surface area (Å²) in [6.45, 7) is 1.81. The number of benzene rings is 4. The Labute approximate surface area is 209 Å². The van der Waals surface area contributed by atoms with Crippen molar-refractivity contribution >= 4 is 17.6 Å². The second-order valence-electron chi connectivity index (χ2n) is 8.03. The Balaban J connectivity index is 1.62. The summed E-state index contributed by atoms with van der Waals surface area (Å²) in [7, 11) is 1.65. The average Bonchev–Trinajstić information content (AvgIpc) is 2.87. The topological polar surface area (TPSA) is 65.0 Å². The molecule has 35 heavy (non-hydrogen) atoms. The normalized spacial score (nSPS) is 10.6. The molecule has 5 nitrogen and oxygen atoms in total. The molecule has 0 saturated carbocycles. The van der Waals surface area contributed by atoms with Crippen LogP contribution < -0.4 is 14.2 Å². The van der Waals surface area contributed by atoms with E-state index in [1.807, 2.05) is 61.5 Å². The van der Waals surface area contributed by atoms with Crippen LogP contribution >= 0.6 is 11.6 Å². The van der Waals surface area contributed by atoms with E-state index in [0.717, 1.165) is 39.1 Å². The molecule has 0 bridgehead atoms. The minimum Gasteiger partial charge on any atom is -0.497 e. The van der Waals surface area contributed by atoms with E-state index in [1.54, 1.807) is 19.2 Å². The predicted octanol–water partition coefficient (Wildman–Crippen LogP) is 7.03. The fraction of sp³-hybridized carbons (Fsp3) is 0.138. The van der Waals surface area contributed by atoms with Crippen molar-refractivity contribution in [1.82, 2.24) is 0 Å². The molecule has 4 aromatic rings. The smallest absolute Gasteiger partial charge is 0.341 e. The number of methoxy groups -OCH3 is 1. The Bertz CT molecular complexity index is 1330. The van der Waals surface area contributed by atoms with E-state index in [2.05, 4.69) is 18.2 Å². The van der Waals surface area contributed by atoms with Gasteiger partial charge in [0.2, 0.25) is 0 Å². The molecule has 0 aromatic heterocycles. The van der Waals surface area contributed by atoms with Crippen molar-refractivity contribution in [3.05, 3.63) is 101 Å². The van der Waals surface area contributed by atoms with Gasteiger partial charge in [-0.05, 0) is 89.3 Å². The predicted molar refractivity (Wildman–Crippen MR) is 138 cm³/mol. The van der Waals surface area contributed by atoms with Gasteiger partial charge in [-0.15, -0.1) is 0 Å². The molecular weight excluding hydrogens is 464 g/mol. The molecule has 0 aliphatic carbocycles. The lowest BCUT2D eigenvalue weighted by molar-refractivity contribution is -0.139. The lowest BCUT2D eigenvalue weighted by Gasteiger charge is -2.14. The molecule has 0 aliphatic heterocycles. The third-order valence-corrected chi connectivity index (χ3v) is 5.83. The Kier molecular flexibility index (Phi) is 7.58. The summed E-state index contributed by atoms with van der Waals surface area (Å²) < 4.78 is 16.7. The van der Waals surface area contributed by atoms with Gasteiger partial charge >= 0.3 is 5.97 Å². The van der Waals surface area contributed by atoms with Gasteiger partial charge in [0.25, 0.3) is 0 Å². The molecular formula is C29H25ClO5. The van der Waals surface area contributed by atoms with Crippen LogP contribution in [-0.4, -0.2) is 24.8 Å². The molecule has 0 saturated heterocycles. The van der Waals surface area contributed by atoms with Crippen LogP contribution in [0.3, 0.4) is 0 Å². The van der Waals surface area contributed by atoms with Gasteiger partial charge in [0.05, 0.1) is 7.11 Å². The van der Waals surface area contributed by atoms with Gasteiger partial charge in [0.1, 0.15) is 23.9 Å². The zero-order chi connectivity index (χ0) is 24.8. The molecule has 0 aliphatic rings. The Morgan fingerprint density at radius 3 is 2.23 bits per heavy atom. The highest BCUT2D eigenvalue weighted by atomic mass is 35.5. The summed E-state index contributed by atoms with van der Waals surface area (Å²) in [5, 5.41) is 9.50. The third-order valence-electron chi connectivity index (χ3n) is 5.50. The van der Waals surface area contributed by atoms with Crippen LogP contribution in [0.5, 0.6) is 17.2 Å². The lowest BCUT2D eigenvalue weighted by Crippen LogP contribution is -2.10. The molecule has 4 aromatic carbocycles. The van der Waals surface area contributed by atoms with E-state index < -0.39 is 5.97 Å². The number of aliphatic carboxylic acids is 1. The third kappa shape index (κ3) is 6.14. The SMILES string of the molecule is COc1ccc(-c2cc(COc3ccc(OCC(=O)O)c(C)c3)cc(-c3ccccc3Cl)c2)cc1. The van der Waals surface area contributed by atoms with E-state index >= 15 is 0 Å². The summed E-state index contributed by atoms with van der Waals surface area (Å²) in [6.07, 6.45) is 0. The number of carboxylic acids is 1. The first-order valence-corrected chi connectivity index (χ1v) is 11.4. The van der Waals surface area contributed by atoms with E-state index in [1.165, 1.54) is 0 Å². The van der Waals surface area contributed by atoms with E-state index in [4.69, 9.17) is 30.9 Å². The highest BCUT2D eigenvalue weighted by Gasteiger charge is 2.10. The van der Waals surface area contributed by atoms with Gasteiger partial charge in [-0.3, -0.25) is 0 Å². The number of halogens is 1. The zero-order valence-electron chi connectivity index (χ0n) is 19.5. The number of rotatable bonds is 9. The maximum atomic E-state index is 10.8. The molecule has 178 valence electrons. The number of carbonyl (C=O) groups is 1. The molecule has 0 spiro atoms. The van der Waals surface area contributed by atoms with Crippen LogP contribution in [0.15, 0.2) is 84.9 Å². The van der Waals surface area contributed by atoms with Crippen molar-refractivity contribution in [3.8, 4) is 39.5 Å². The van der Waals surface area contributed by atoms with Gasteiger partial charge in [-0.25, -0.2) is 4.79 Å². The first kappa shape index (κ1) is 24.2. The molecule has 0 unspecified atom stereocenters. The molecule has 0 amide bonds. The molecule has 0 fully saturated rings.